The van der Waals surface area contributed by atoms with Gasteiger partial charge in [0, 0.05) is 17.6 Å². The van der Waals surface area contributed by atoms with Crippen LogP contribution in [0.4, 0.5) is 22.1 Å². The van der Waals surface area contributed by atoms with Gasteiger partial charge in [-0.15, -0.1) is 0 Å². The van der Waals surface area contributed by atoms with Gasteiger partial charge in [0.1, 0.15) is 5.75 Å². The highest BCUT2D eigenvalue weighted by molar-refractivity contribution is 5.84. The maximum atomic E-state index is 10.8. The van der Waals surface area contributed by atoms with Gasteiger partial charge >= 0.3 is 6.09 Å². The fraction of sp³-hybridized carbons (Fsp3) is 0.100. The topological polar surface area (TPSA) is 114 Å². The van der Waals surface area contributed by atoms with E-state index in [0.29, 0.717) is 17.3 Å². The molecule has 146 valence electrons. The molecule has 0 unspecified atom stereocenters. The number of hydrogen-bond donors (Lipinski definition) is 3. The van der Waals surface area contributed by atoms with E-state index in [1.54, 1.807) is 36.3 Å². The van der Waals surface area contributed by atoms with Gasteiger partial charge in [-0.3, -0.25) is 5.32 Å². The molecule has 0 bridgehead atoms. The first-order valence-electron chi connectivity index (χ1n) is 8.76. The van der Waals surface area contributed by atoms with Crippen molar-refractivity contribution in [2.45, 2.75) is 6.92 Å². The number of nitrogens with zero attached hydrogens (tertiary/aromatic N) is 4. The van der Waals surface area contributed by atoms with Crippen molar-refractivity contribution in [3.05, 3.63) is 60.4 Å². The molecule has 2 heterocycles. The molecule has 0 spiro atoms. The average molecular weight is 390 g/mol. The SMILES string of the molecule is COc1ccc(-n2ncc3cnc(Nc4ccc(NC(=O)O)c(C)c4)nc32)cc1. The Morgan fingerprint density at radius 2 is 1.93 bits per heavy atom. The number of fused-ring (bicyclic) bond motifs is 1. The van der Waals surface area contributed by atoms with Crippen molar-refractivity contribution in [2.75, 3.05) is 17.7 Å². The lowest BCUT2D eigenvalue weighted by Gasteiger charge is -2.10. The van der Waals surface area contributed by atoms with Crippen LogP contribution in [0.5, 0.6) is 5.75 Å². The molecule has 4 aromatic rings. The van der Waals surface area contributed by atoms with Crippen molar-refractivity contribution in [1.82, 2.24) is 19.7 Å². The molecule has 3 N–H and O–H groups in total. The summed E-state index contributed by atoms with van der Waals surface area (Å²) in [5.74, 6) is 1.17. The van der Waals surface area contributed by atoms with Crippen molar-refractivity contribution in [2.24, 2.45) is 0 Å². The van der Waals surface area contributed by atoms with Gasteiger partial charge in [-0.05, 0) is 55.0 Å². The van der Waals surface area contributed by atoms with Crippen LogP contribution in [-0.2, 0) is 0 Å². The third-order valence-corrected chi connectivity index (χ3v) is 4.35. The molecule has 0 fully saturated rings. The zero-order valence-corrected chi connectivity index (χ0v) is 15.7. The maximum Gasteiger partial charge on any atom is 0.409 e. The number of hydrogen-bond acceptors (Lipinski definition) is 6. The van der Waals surface area contributed by atoms with Crippen molar-refractivity contribution < 1.29 is 14.6 Å². The van der Waals surface area contributed by atoms with Gasteiger partial charge < -0.3 is 15.2 Å². The first-order chi connectivity index (χ1) is 14.0. The summed E-state index contributed by atoms with van der Waals surface area (Å²) in [6.45, 7) is 1.82. The minimum absolute atomic E-state index is 0.408. The number of anilines is 3. The van der Waals surface area contributed by atoms with Gasteiger partial charge in [0.2, 0.25) is 5.95 Å². The highest BCUT2D eigenvalue weighted by Gasteiger charge is 2.10. The van der Waals surface area contributed by atoms with E-state index in [1.807, 2.05) is 37.3 Å². The van der Waals surface area contributed by atoms with Gasteiger partial charge in [0.05, 0.1) is 24.4 Å². The van der Waals surface area contributed by atoms with E-state index in [-0.39, 0.29) is 0 Å². The molecule has 0 aliphatic carbocycles. The fourth-order valence-electron chi connectivity index (χ4n) is 2.92. The number of benzene rings is 2. The number of amides is 1. The van der Waals surface area contributed by atoms with Gasteiger partial charge in [0.15, 0.2) is 5.65 Å². The zero-order chi connectivity index (χ0) is 20.4. The maximum absolute atomic E-state index is 10.8. The van der Waals surface area contributed by atoms with E-state index in [9.17, 15) is 4.79 Å². The smallest absolute Gasteiger partial charge is 0.409 e. The molecular weight excluding hydrogens is 372 g/mol. The van der Waals surface area contributed by atoms with E-state index in [4.69, 9.17) is 9.84 Å². The molecule has 29 heavy (non-hydrogen) atoms. The Morgan fingerprint density at radius 3 is 2.62 bits per heavy atom. The summed E-state index contributed by atoms with van der Waals surface area (Å²) in [5, 5.41) is 19.6. The molecule has 0 aliphatic heterocycles. The first-order valence-corrected chi connectivity index (χ1v) is 8.76. The van der Waals surface area contributed by atoms with Crippen LogP contribution < -0.4 is 15.4 Å². The van der Waals surface area contributed by atoms with Crippen LogP contribution in [0, 0.1) is 6.92 Å². The third-order valence-electron chi connectivity index (χ3n) is 4.35. The number of aryl methyl sites for hydroxylation is 1. The lowest BCUT2D eigenvalue weighted by Crippen LogP contribution is -2.08. The standard InChI is InChI=1S/C20H18N6O3/c1-12-9-14(3-8-17(12)24-20(27)28)23-19-21-10-13-11-22-26(18(13)25-19)15-4-6-16(29-2)7-5-15/h3-11,24H,1-2H3,(H,27,28)(H,21,23,25). The minimum Gasteiger partial charge on any atom is -0.497 e. The Balaban J connectivity index is 1.63. The number of ether oxygens (including phenoxy) is 1. The molecule has 0 radical (unpaired) electrons. The van der Waals surface area contributed by atoms with Crippen LogP contribution in [0.25, 0.3) is 16.7 Å². The predicted octanol–water partition coefficient (Wildman–Crippen LogP) is 3.97. The Labute approximate surface area is 166 Å². The second kappa shape index (κ2) is 7.47. The van der Waals surface area contributed by atoms with Crippen LogP contribution in [0.2, 0.25) is 0 Å². The molecule has 0 saturated heterocycles. The second-order valence-electron chi connectivity index (χ2n) is 6.31. The highest BCUT2D eigenvalue weighted by Crippen LogP contribution is 2.23. The molecule has 0 saturated carbocycles. The van der Waals surface area contributed by atoms with Gasteiger partial charge in [-0.2, -0.15) is 10.1 Å². The molecular formula is C20H18N6O3. The summed E-state index contributed by atoms with van der Waals surface area (Å²) in [6, 6.07) is 12.8. The van der Waals surface area contributed by atoms with E-state index in [1.165, 1.54) is 0 Å². The summed E-state index contributed by atoms with van der Waals surface area (Å²) >= 11 is 0. The lowest BCUT2D eigenvalue weighted by molar-refractivity contribution is 0.209. The van der Waals surface area contributed by atoms with Gasteiger partial charge in [-0.25, -0.2) is 14.5 Å². The molecule has 1 amide bonds. The third kappa shape index (κ3) is 3.79. The Morgan fingerprint density at radius 1 is 1.14 bits per heavy atom. The van der Waals surface area contributed by atoms with Crippen molar-refractivity contribution >= 4 is 34.4 Å². The minimum atomic E-state index is -1.10. The number of carboxylic acid groups (broad SMARTS) is 1. The summed E-state index contributed by atoms with van der Waals surface area (Å²) in [7, 11) is 1.62. The Hall–Kier alpha value is -4.14. The van der Waals surface area contributed by atoms with E-state index in [2.05, 4.69) is 25.7 Å². The summed E-state index contributed by atoms with van der Waals surface area (Å²) in [4.78, 5) is 19.7. The summed E-state index contributed by atoms with van der Waals surface area (Å²) in [6.07, 6.45) is 2.31. The van der Waals surface area contributed by atoms with E-state index >= 15 is 0 Å². The van der Waals surface area contributed by atoms with Crippen LogP contribution in [0.15, 0.2) is 54.9 Å². The normalized spacial score (nSPS) is 10.7. The molecule has 2 aromatic heterocycles. The molecule has 9 heteroatoms. The Bertz CT molecular complexity index is 1190. The van der Waals surface area contributed by atoms with Crippen LogP contribution in [0.3, 0.4) is 0 Å². The largest absolute Gasteiger partial charge is 0.497 e. The van der Waals surface area contributed by atoms with Crippen molar-refractivity contribution in [3.63, 3.8) is 0 Å². The summed E-state index contributed by atoms with van der Waals surface area (Å²) in [5.41, 5.74) is 3.56. The average Bonchev–Trinajstić information content (AvgIpc) is 3.13. The Kier molecular flexibility index (Phi) is 4.70. The van der Waals surface area contributed by atoms with E-state index in [0.717, 1.165) is 28.1 Å². The quantitative estimate of drug-likeness (QED) is 0.472. The summed E-state index contributed by atoms with van der Waals surface area (Å²) < 4.78 is 6.93. The monoisotopic (exact) mass is 390 g/mol. The molecule has 0 aliphatic rings. The molecule has 9 nitrogen and oxygen atoms in total. The first kappa shape index (κ1) is 18.2. The second-order valence-corrected chi connectivity index (χ2v) is 6.31. The van der Waals surface area contributed by atoms with Crippen LogP contribution in [0.1, 0.15) is 5.56 Å². The number of nitrogens with one attached hydrogen (secondary N) is 2. The number of aromatic nitrogens is 4. The van der Waals surface area contributed by atoms with Crippen molar-refractivity contribution in [3.8, 4) is 11.4 Å². The van der Waals surface area contributed by atoms with Crippen molar-refractivity contribution in [1.29, 1.82) is 0 Å². The molecule has 4 rings (SSSR count). The highest BCUT2D eigenvalue weighted by atomic mass is 16.5. The number of methoxy groups -OCH3 is 1. The van der Waals surface area contributed by atoms with Crippen LogP contribution >= 0.6 is 0 Å². The molecule has 2 aromatic carbocycles. The fourth-order valence-corrected chi connectivity index (χ4v) is 2.92. The molecule has 0 atom stereocenters. The lowest BCUT2D eigenvalue weighted by atomic mass is 10.2. The number of rotatable bonds is 5. The zero-order valence-electron chi connectivity index (χ0n) is 15.7. The van der Waals surface area contributed by atoms with E-state index < -0.39 is 6.09 Å². The number of carbonyl (C=O) groups is 1. The predicted molar refractivity (Wildman–Crippen MR) is 109 cm³/mol. The van der Waals surface area contributed by atoms with Crippen LogP contribution in [-0.4, -0.2) is 38.1 Å². The van der Waals surface area contributed by atoms with Gasteiger partial charge in [-0.1, -0.05) is 0 Å². The van der Waals surface area contributed by atoms with Gasteiger partial charge in [0.25, 0.3) is 0 Å².